The molecule has 1 aliphatic rings. The lowest BCUT2D eigenvalue weighted by atomic mass is 9.99. The van der Waals surface area contributed by atoms with Gasteiger partial charge in [-0.3, -0.25) is 4.79 Å². The maximum Gasteiger partial charge on any atom is 0.246 e. The number of rotatable bonds is 6. The maximum atomic E-state index is 13.3. The highest BCUT2D eigenvalue weighted by Crippen LogP contribution is 2.34. The third-order valence-electron chi connectivity index (χ3n) is 4.95. The number of halogens is 2. The Hall–Kier alpha value is -2.00. The summed E-state index contributed by atoms with van der Waals surface area (Å²) in [5.41, 5.74) is 0.392. The van der Waals surface area contributed by atoms with Gasteiger partial charge in [0.05, 0.1) is 35.9 Å². The summed E-state index contributed by atoms with van der Waals surface area (Å²) in [6.45, 7) is 0.358. The van der Waals surface area contributed by atoms with Crippen LogP contribution in [0.3, 0.4) is 0 Å². The normalized spacial score (nSPS) is 17.4. The van der Waals surface area contributed by atoms with Crippen LogP contribution in [-0.4, -0.2) is 45.9 Å². The lowest BCUT2D eigenvalue weighted by molar-refractivity contribution is -0.120. The number of anilines is 1. The van der Waals surface area contributed by atoms with E-state index >= 15 is 0 Å². The highest BCUT2D eigenvalue weighted by molar-refractivity contribution is 7.89. The number of hydrogen-bond donors (Lipinski definition) is 1. The number of methoxy groups -OCH3 is 2. The molecule has 2 aromatic rings. The van der Waals surface area contributed by atoms with Crippen molar-refractivity contribution in [1.29, 1.82) is 0 Å². The van der Waals surface area contributed by atoms with Crippen molar-refractivity contribution in [3.63, 3.8) is 0 Å². The maximum absolute atomic E-state index is 13.3. The van der Waals surface area contributed by atoms with Crippen LogP contribution in [-0.2, 0) is 14.8 Å². The van der Waals surface area contributed by atoms with E-state index in [1.54, 1.807) is 30.3 Å². The summed E-state index contributed by atoms with van der Waals surface area (Å²) in [6, 6.07) is 9.53. The molecule has 1 amide bonds. The fraction of sp³-hybridized carbons (Fsp3) is 0.350. The highest BCUT2D eigenvalue weighted by atomic mass is 35.5. The number of carbonyl (C=O) groups excluding carboxylic acids is 1. The highest BCUT2D eigenvalue weighted by Gasteiger charge is 2.35. The Morgan fingerprint density at radius 3 is 2.63 bits per heavy atom. The van der Waals surface area contributed by atoms with E-state index in [4.69, 9.17) is 32.7 Å². The molecule has 0 spiro atoms. The molecule has 1 aliphatic heterocycles. The summed E-state index contributed by atoms with van der Waals surface area (Å²) in [5, 5.41) is 3.32. The van der Waals surface area contributed by atoms with Gasteiger partial charge in [-0.25, -0.2) is 8.42 Å². The van der Waals surface area contributed by atoms with Crippen LogP contribution in [0.1, 0.15) is 12.8 Å². The van der Waals surface area contributed by atoms with E-state index in [9.17, 15) is 13.2 Å². The van der Waals surface area contributed by atoms with Crippen molar-refractivity contribution >= 4 is 44.8 Å². The van der Waals surface area contributed by atoms with E-state index in [0.29, 0.717) is 35.8 Å². The smallest absolute Gasteiger partial charge is 0.246 e. The van der Waals surface area contributed by atoms with Crippen LogP contribution in [0, 0.1) is 5.92 Å². The number of nitrogens with one attached hydrogen (secondary N) is 1. The van der Waals surface area contributed by atoms with Crippen LogP contribution in [0.4, 0.5) is 5.69 Å². The Morgan fingerprint density at radius 2 is 1.93 bits per heavy atom. The molecule has 0 saturated carbocycles. The first kappa shape index (κ1) is 22.7. The minimum atomic E-state index is -3.89. The average molecular weight is 473 g/mol. The van der Waals surface area contributed by atoms with Gasteiger partial charge in [-0.1, -0.05) is 29.3 Å². The van der Waals surface area contributed by atoms with Gasteiger partial charge in [-0.2, -0.15) is 4.31 Å². The van der Waals surface area contributed by atoms with Gasteiger partial charge in [0.15, 0.2) is 0 Å². The summed E-state index contributed by atoms with van der Waals surface area (Å²) in [6.07, 6.45) is 1.11. The van der Waals surface area contributed by atoms with Crippen molar-refractivity contribution in [2.45, 2.75) is 17.7 Å². The molecule has 162 valence electrons. The topological polar surface area (TPSA) is 84.9 Å². The predicted octanol–water partition coefficient (Wildman–Crippen LogP) is 4.05. The molecule has 1 saturated heterocycles. The average Bonchev–Trinajstić information content (AvgIpc) is 2.76. The Labute approximate surface area is 185 Å². The van der Waals surface area contributed by atoms with Crippen LogP contribution >= 0.6 is 23.2 Å². The number of piperidine rings is 1. The largest absolute Gasteiger partial charge is 0.497 e. The zero-order valence-corrected chi connectivity index (χ0v) is 18.9. The molecule has 0 radical (unpaired) electrons. The molecule has 3 rings (SSSR count). The standard InChI is InChI=1S/C20H22Cl2N2O5S/c1-28-14-8-9-17(29-2)18(11-14)30(26,27)24-10-4-5-13(12-24)20(25)23-16-7-3-6-15(21)19(16)22/h3,6-9,11,13H,4-5,10,12H2,1-2H3,(H,23,25)/t13-/m0/s1. The van der Waals surface area contributed by atoms with Gasteiger partial charge in [0.2, 0.25) is 15.9 Å². The number of nitrogens with zero attached hydrogens (tertiary/aromatic N) is 1. The molecule has 7 nitrogen and oxygen atoms in total. The van der Waals surface area contributed by atoms with Gasteiger partial charge in [-0.15, -0.1) is 0 Å². The van der Waals surface area contributed by atoms with E-state index in [-0.39, 0.29) is 28.1 Å². The molecular formula is C20H22Cl2N2O5S. The third-order valence-corrected chi connectivity index (χ3v) is 7.66. The second-order valence-corrected chi connectivity index (χ2v) is 9.50. The van der Waals surface area contributed by atoms with Crippen LogP contribution in [0.15, 0.2) is 41.3 Å². The SMILES string of the molecule is COc1ccc(OC)c(S(=O)(=O)N2CCC[C@H](C(=O)Nc3cccc(Cl)c3Cl)C2)c1. The molecule has 0 aliphatic carbocycles. The van der Waals surface area contributed by atoms with E-state index in [0.717, 1.165) is 0 Å². The van der Waals surface area contributed by atoms with Gasteiger partial charge in [-0.05, 0) is 37.1 Å². The summed E-state index contributed by atoms with van der Waals surface area (Å²) >= 11 is 12.1. The zero-order valence-electron chi connectivity index (χ0n) is 16.5. The zero-order chi connectivity index (χ0) is 21.9. The molecule has 30 heavy (non-hydrogen) atoms. The molecule has 1 heterocycles. The van der Waals surface area contributed by atoms with Crippen LogP contribution < -0.4 is 14.8 Å². The molecular weight excluding hydrogens is 451 g/mol. The quantitative estimate of drug-likeness (QED) is 0.685. The first-order chi connectivity index (χ1) is 14.3. The summed E-state index contributed by atoms with van der Waals surface area (Å²) < 4.78 is 38.3. The summed E-state index contributed by atoms with van der Waals surface area (Å²) in [4.78, 5) is 12.8. The minimum absolute atomic E-state index is 0.00305. The number of sulfonamides is 1. The van der Waals surface area contributed by atoms with Crippen molar-refractivity contribution in [3.05, 3.63) is 46.4 Å². The lowest BCUT2D eigenvalue weighted by Crippen LogP contribution is -2.43. The van der Waals surface area contributed by atoms with Gasteiger partial charge < -0.3 is 14.8 Å². The molecule has 0 aromatic heterocycles. The number of ether oxygens (including phenoxy) is 2. The van der Waals surface area contributed by atoms with Crippen LogP contribution in [0.2, 0.25) is 10.0 Å². The van der Waals surface area contributed by atoms with E-state index in [1.807, 2.05) is 0 Å². The monoisotopic (exact) mass is 472 g/mol. The number of carbonyl (C=O) groups is 1. The molecule has 2 aromatic carbocycles. The first-order valence-electron chi connectivity index (χ1n) is 9.25. The fourth-order valence-electron chi connectivity index (χ4n) is 3.33. The van der Waals surface area contributed by atoms with E-state index in [2.05, 4.69) is 5.32 Å². The van der Waals surface area contributed by atoms with Crippen molar-refractivity contribution in [2.75, 3.05) is 32.6 Å². The van der Waals surface area contributed by atoms with Crippen LogP contribution in [0.5, 0.6) is 11.5 Å². The Kier molecular flexibility index (Phi) is 7.13. The first-order valence-corrected chi connectivity index (χ1v) is 11.4. The number of benzene rings is 2. The molecule has 10 heteroatoms. The van der Waals surface area contributed by atoms with Crippen molar-refractivity contribution < 1.29 is 22.7 Å². The Balaban J connectivity index is 1.81. The molecule has 1 atom stereocenters. The van der Waals surface area contributed by atoms with Gasteiger partial charge >= 0.3 is 0 Å². The molecule has 0 bridgehead atoms. The van der Waals surface area contributed by atoms with Crippen molar-refractivity contribution in [3.8, 4) is 11.5 Å². The summed E-state index contributed by atoms with van der Waals surface area (Å²) in [7, 11) is -1.03. The molecule has 1 fully saturated rings. The second kappa shape index (κ2) is 9.43. The Bertz CT molecular complexity index is 1050. The predicted molar refractivity (Wildman–Crippen MR) is 116 cm³/mol. The Morgan fingerprint density at radius 1 is 1.17 bits per heavy atom. The third kappa shape index (κ3) is 4.67. The minimum Gasteiger partial charge on any atom is -0.497 e. The van der Waals surface area contributed by atoms with Crippen molar-refractivity contribution in [2.24, 2.45) is 5.92 Å². The number of amides is 1. The van der Waals surface area contributed by atoms with E-state index < -0.39 is 15.9 Å². The van der Waals surface area contributed by atoms with Crippen molar-refractivity contribution in [1.82, 2.24) is 4.31 Å². The molecule has 0 unspecified atom stereocenters. The molecule has 1 N–H and O–H groups in total. The van der Waals surface area contributed by atoms with Gasteiger partial charge in [0.25, 0.3) is 0 Å². The fourth-order valence-corrected chi connectivity index (χ4v) is 5.38. The van der Waals surface area contributed by atoms with Gasteiger partial charge in [0.1, 0.15) is 16.4 Å². The van der Waals surface area contributed by atoms with Crippen LogP contribution in [0.25, 0.3) is 0 Å². The lowest BCUT2D eigenvalue weighted by Gasteiger charge is -2.31. The second-order valence-electron chi connectivity index (χ2n) is 6.81. The van der Waals surface area contributed by atoms with Gasteiger partial charge in [0, 0.05) is 19.2 Å². The number of hydrogen-bond acceptors (Lipinski definition) is 5. The summed E-state index contributed by atoms with van der Waals surface area (Å²) in [5.74, 6) is -0.221. The van der Waals surface area contributed by atoms with E-state index in [1.165, 1.54) is 24.6 Å².